The Morgan fingerprint density at radius 1 is 1.11 bits per heavy atom. The third kappa shape index (κ3) is 3.12. The standard InChI is InChI=1S/C13H12N2O4/c1-18-11-3-2-4-12(8-11)19-13-6-9(14)5-10(7-13)15(16)17/h2-8H,14H2,1H3. The molecule has 0 aliphatic heterocycles. The molecule has 98 valence electrons. The van der Waals surface area contributed by atoms with Gasteiger partial charge in [-0.05, 0) is 12.1 Å². The molecular formula is C13H12N2O4. The molecule has 0 aromatic heterocycles. The molecule has 0 bridgehead atoms. The summed E-state index contributed by atoms with van der Waals surface area (Å²) < 4.78 is 10.6. The van der Waals surface area contributed by atoms with E-state index < -0.39 is 4.92 Å². The van der Waals surface area contributed by atoms with Crippen LogP contribution in [0.2, 0.25) is 0 Å². The van der Waals surface area contributed by atoms with Crippen molar-refractivity contribution in [1.29, 1.82) is 0 Å². The van der Waals surface area contributed by atoms with Crippen LogP contribution in [-0.2, 0) is 0 Å². The molecule has 0 saturated heterocycles. The highest BCUT2D eigenvalue weighted by atomic mass is 16.6. The molecule has 2 rings (SSSR count). The number of benzene rings is 2. The van der Waals surface area contributed by atoms with Crippen LogP contribution in [0.5, 0.6) is 17.2 Å². The lowest BCUT2D eigenvalue weighted by atomic mass is 10.2. The van der Waals surface area contributed by atoms with Crippen LogP contribution in [0.4, 0.5) is 11.4 Å². The fraction of sp³-hybridized carbons (Fsp3) is 0.0769. The minimum Gasteiger partial charge on any atom is -0.497 e. The molecule has 0 amide bonds. The molecule has 0 saturated carbocycles. The van der Waals surface area contributed by atoms with Crippen LogP contribution in [-0.4, -0.2) is 12.0 Å². The second-order valence-electron chi connectivity index (χ2n) is 3.80. The molecule has 0 radical (unpaired) electrons. The van der Waals surface area contributed by atoms with Gasteiger partial charge in [0, 0.05) is 23.9 Å². The maximum atomic E-state index is 10.7. The summed E-state index contributed by atoms with van der Waals surface area (Å²) in [6, 6.07) is 11.0. The summed E-state index contributed by atoms with van der Waals surface area (Å²) in [5, 5.41) is 10.7. The van der Waals surface area contributed by atoms with Crippen LogP contribution in [0, 0.1) is 10.1 Å². The van der Waals surface area contributed by atoms with E-state index in [2.05, 4.69) is 0 Å². The smallest absolute Gasteiger partial charge is 0.275 e. The van der Waals surface area contributed by atoms with Gasteiger partial charge in [0.2, 0.25) is 0 Å². The molecule has 6 nitrogen and oxygen atoms in total. The van der Waals surface area contributed by atoms with E-state index in [0.717, 1.165) is 0 Å². The minimum atomic E-state index is -0.519. The topological polar surface area (TPSA) is 87.6 Å². The lowest BCUT2D eigenvalue weighted by Gasteiger charge is -2.07. The molecule has 19 heavy (non-hydrogen) atoms. The number of anilines is 1. The van der Waals surface area contributed by atoms with Crippen LogP contribution >= 0.6 is 0 Å². The van der Waals surface area contributed by atoms with Gasteiger partial charge in [0.05, 0.1) is 18.1 Å². The van der Waals surface area contributed by atoms with E-state index >= 15 is 0 Å². The van der Waals surface area contributed by atoms with Crippen LogP contribution in [0.15, 0.2) is 42.5 Å². The summed E-state index contributed by atoms with van der Waals surface area (Å²) in [5.41, 5.74) is 5.76. The number of rotatable bonds is 4. The van der Waals surface area contributed by atoms with Crippen molar-refractivity contribution in [1.82, 2.24) is 0 Å². The first-order chi connectivity index (χ1) is 9.08. The predicted octanol–water partition coefficient (Wildman–Crippen LogP) is 2.98. The second kappa shape index (κ2) is 5.26. The quantitative estimate of drug-likeness (QED) is 0.518. The van der Waals surface area contributed by atoms with Crippen LogP contribution in [0.3, 0.4) is 0 Å². The number of hydrogen-bond acceptors (Lipinski definition) is 5. The average Bonchev–Trinajstić information content (AvgIpc) is 2.38. The van der Waals surface area contributed by atoms with Crippen molar-refractivity contribution in [3.63, 3.8) is 0 Å². The lowest BCUT2D eigenvalue weighted by Crippen LogP contribution is -1.93. The van der Waals surface area contributed by atoms with Gasteiger partial charge < -0.3 is 15.2 Å². The van der Waals surface area contributed by atoms with Crippen molar-refractivity contribution in [3.05, 3.63) is 52.6 Å². The molecule has 0 spiro atoms. The highest BCUT2D eigenvalue weighted by Crippen LogP contribution is 2.29. The van der Waals surface area contributed by atoms with Gasteiger partial charge in [-0.2, -0.15) is 0 Å². The Morgan fingerprint density at radius 2 is 1.84 bits per heavy atom. The fourth-order valence-electron chi connectivity index (χ4n) is 1.57. The summed E-state index contributed by atoms with van der Waals surface area (Å²) in [6.45, 7) is 0. The summed E-state index contributed by atoms with van der Waals surface area (Å²) in [7, 11) is 1.55. The van der Waals surface area contributed by atoms with Gasteiger partial charge in [0.25, 0.3) is 5.69 Å². The summed E-state index contributed by atoms with van der Waals surface area (Å²) in [4.78, 5) is 10.2. The maximum Gasteiger partial charge on any atom is 0.275 e. The van der Waals surface area contributed by atoms with E-state index in [0.29, 0.717) is 17.2 Å². The van der Waals surface area contributed by atoms with Gasteiger partial charge in [-0.3, -0.25) is 10.1 Å². The van der Waals surface area contributed by atoms with Gasteiger partial charge >= 0.3 is 0 Å². The molecule has 0 fully saturated rings. The number of ether oxygens (including phenoxy) is 2. The highest BCUT2D eigenvalue weighted by Gasteiger charge is 2.10. The predicted molar refractivity (Wildman–Crippen MR) is 70.6 cm³/mol. The number of nitrogens with zero attached hydrogens (tertiary/aromatic N) is 1. The Kier molecular flexibility index (Phi) is 3.51. The fourth-order valence-corrected chi connectivity index (χ4v) is 1.57. The molecule has 2 aromatic rings. The number of hydrogen-bond donors (Lipinski definition) is 1. The Labute approximate surface area is 109 Å². The van der Waals surface area contributed by atoms with E-state index in [1.807, 2.05) is 0 Å². The molecule has 0 atom stereocenters. The van der Waals surface area contributed by atoms with Crippen molar-refractivity contribution in [2.75, 3.05) is 12.8 Å². The van der Waals surface area contributed by atoms with Crippen molar-refractivity contribution in [2.45, 2.75) is 0 Å². The van der Waals surface area contributed by atoms with Crippen molar-refractivity contribution >= 4 is 11.4 Å². The van der Waals surface area contributed by atoms with E-state index in [-0.39, 0.29) is 11.4 Å². The monoisotopic (exact) mass is 260 g/mol. The molecule has 0 unspecified atom stereocenters. The Balaban J connectivity index is 2.29. The Morgan fingerprint density at radius 3 is 2.53 bits per heavy atom. The normalized spacial score (nSPS) is 9.95. The Bertz CT molecular complexity index is 613. The third-order valence-electron chi connectivity index (χ3n) is 2.40. The molecule has 0 aliphatic carbocycles. The van der Waals surface area contributed by atoms with Crippen LogP contribution in [0.25, 0.3) is 0 Å². The first-order valence-electron chi connectivity index (χ1n) is 5.45. The second-order valence-corrected chi connectivity index (χ2v) is 3.80. The third-order valence-corrected chi connectivity index (χ3v) is 2.40. The molecular weight excluding hydrogens is 248 g/mol. The van der Waals surface area contributed by atoms with Crippen LogP contribution < -0.4 is 15.2 Å². The highest BCUT2D eigenvalue weighted by molar-refractivity contribution is 5.54. The first kappa shape index (κ1) is 12.7. The van der Waals surface area contributed by atoms with Gasteiger partial charge in [-0.1, -0.05) is 6.07 Å². The summed E-state index contributed by atoms with van der Waals surface area (Å²) >= 11 is 0. The van der Waals surface area contributed by atoms with Crippen molar-refractivity contribution in [2.24, 2.45) is 0 Å². The zero-order valence-corrected chi connectivity index (χ0v) is 10.2. The summed E-state index contributed by atoms with van der Waals surface area (Å²) in [6.07, 6.45) is 0. The zero-order valence-electron chi connectivity index (χ0n) is 10.2. The minimum absolute atomic E-state index is 0.113. The molecule has 0 heterocycles. The van der Waals surface area contributed by atoms with E-state index in [4.69, 9.17) is 15.2 Å². The largest absolute Gasteiger partial charge is 0.497 e. The van der Waals surface area contributed by atoms with Crippen molar-refractivity contribution in [3.8, 4) is 17.2 Å². The van der Waals surface area contributed by atoms with Crippen molar-refractivity contribution < 1.29 is 14.4 Å². The van der Waals surface area contributed by atoms with E-state index in [9.17, 15) is 10.1 Å². The number of nitrogens with two attached hydrogens (primary N) is 1. The van der Waals surface area contributed by atoms with Gasteiger partial charge in [0.15, 0.2) is 0 Å². The number of nitro benzene ring substituents is 1. The Hall–Kier alpha value is -2.76. The van der Waals surface area contributed by atoms with E-state index in [1.54, 1.807) is 31.4 Å². The zero-order chi connectivity index (χ0) is 13.8. The lowest BCUT2D eigenvalue weighted by molar-refractivity contribution is -0.384. The van der Waals surface area contributed by atoms with Crippen LogP contribution in [0.1, 0.15) is 0 Å². The summed E-state index contributed by atoms with van der Waals surface area (Å²) in [5.74, 6) is 1.45. The first-order valence-corrected chi connectivity index (χ1v) is 5.45. The number of methoxy groups -OCH3 is 1. The van der Waals surface area contributed by atoms with Gasteiger partial charge in [-0.15, -0.1) is 0 Å². The molecule has 2 aromatic carbocycles. The maximum absolute atomic E-state index is 10.7. The van der Waals surface area contributed by atoms with E-state index in [1.165, 1.54) is 18.2 Å². The molecule has 2 N–H and O–H groups in total. The number of non-ortho nitro benzene ring substituents is 1. The number of nitrogen functional groups attached to an aromatic ring is 1. The SMILES string of the molecule is COc1cccc(Oc2cc(N)cc([N+](=O)[O-])c2)c1. The van der Waals surface area contributed by atoms with Gasteiger partial charge in [0.1, 0.15) is 17.2 Å². The number of nitro groups is 1. The van der Waals surface area contributed by atoms with Gasteiger partial charge in [-0.25, -0.2) is 0 Å². The molecule has 0 aliphatic rings. The molecule has 6 heteroatoms. The average molecular weight is 260 g/mol.